The molecule has 0 atom stereocenters. The van der Waals surface area contributed by atoms with Gasteiger partial charge in [0, 0.05) is 29.7 Å². The van der Waals surface area contributed by atoms with Crippen molar-refractivity contribution >= 4 is 21.9 Å². The summed E-state index contributed by atoms with van der Waals surface area (Å²) in [6.07, 6.45) is 3.32. The number of halogens is 1. The minimum Gasteiger partial charge on any atom is -0.465 e. The van der Waals surface area contributed by atoms with Gasteiger partial charge in [-0.05, 0) is 35.0 Å². The van der Waals surface area contributed by atoms with Gasteiger partial charge in [-0.25, -0.2) is 9.78 Å². The Morgan fingerprint density at radius 1 is 1.38 bits per heavy atom. The van der Waals surface area contributed by atoms with E-state index in [1.807, 2.05) is 6.92 Å². The number of pyridine rings is 1. The third-order valence-electron chi connectivity index (χ3n) is 2.79. The van der Waals surface area contributed by atoms with Crippen LogP contribution < -0.4 is 4.74 Å². The minimum atomic E-state index is -0.395. The summed E-state index contributed by atoms with van der Waals surface area (Å²) < 4.78 is 17.7. The predicted molar refractivity (Wildman–Crippen MR) is 79.8 cm³/mol. The molecular weight excluding hydrogens is 340 g/mol. The number of carbonyl (C=O) groups is 1. The molecule has 0 aliphatic carbocycles. The summed E-state index contributed by atoms with van der Waals surface area (Å²) in [6.45, 7) is 1.98. The Balaban J connectivity index is 2.46. The predicted octanol–water partition coefficient (Wildman–Crippen LogP) is 2.71. The summed E-state index contributed by atoms with van der Waals surface area (Å²) >= 11 is 3.35. The van der Waals surface area contributed by atoms with E-state index >= 15 is 0 Å². The number of methoxy groups -OCH3 is 2. The van der Waals surface area contributed by atoms with Gasteiger partial charge in [0.05, 0.1) is 12.7 Å². The average Bonchev–Trinajstić information content (AvgIpc) is 2.86. The maximum atomic E-state index is 11.6. The van der Waals surface area contributed by atoms with Crippen LogP contribution in [0, 0.1) is 6.92 Å². The summed E-state index contributed by atoms with van der Waals surface area (Å²) in [5.74, 6) is 0.720. The highest BCUT2D eigenvalue weighted by Crippen LogP contribution is 2.27. The van der Waals surface area contributed by atoms with Crippen molar-refractivity contribution in [3.63, 3.8) is 0 Å². The van der Waals surface area contributed by atoms with Gasteiger partial charge in [0.15, 0.2) is 18.4 Å². The molecule has 2 rings (SSSR count). The van der Waals surface area contributed by atoms with Gasteiger partial charge in [-0.3, -0.25) is 0 Å². The van der Waals surface area contributed by atoms with Crippen LogP contribution in [0.15, 0.2) is 29.0 Å². The van der Waals surface area contributed by atoms with Crippen molar-refractivity contribution in [2.45, 2.75) is 6.92 Å². The summed E-state index contributed by atoms with van der Waals surface area (Å²) in [7, 11) is 2.89. The zero-order valence-corrected chi connectivity index (χ0v) is 13.5. The van der Waals surface area contributed by atoms with E-state index in [0.717, 1.165) is 10.2 Å². The quantitative estimate of drug-likeness (QED) is 0.610. The fourth-order valence-electron chi connectivity index (χ4n) is 1.85. The number of ether oxygens (including phenoxy) is 3. The second-order valence-corrected chi connectivity index (χ2v) is 5.17. The van der Waals surface area contributed by atoms with E-state index in [-0.39, 0.29) is 6.79 Å². The first-order valence-corrected chi connectivity index (χ1v) is 6.91. The van der Waals surface area contributed by atoms with Crippen molar-refractivity contribution < 1.29 is 19.0 Å². The topological polar surface area (TPSA) is 62.6 Å². The highest BCUT2D eigenvalue weighted by Gasteiger charge is 2.15. The fraction of sp³-hybridized carbons (Fsp3) is 0.286. The normalized spacial score (nSPS) is 10.5. The smallest absolute Gasteiger partial charge is 0.339 e. The van der Waals surface area contributed by atoms with Crippen LogP contribution in [0.3, 0.4) is 0 Å². The summed E-state index contributed by atoms with van der Waals surface area (Å²) in [4.78, 5) is 16.0. The van der Waals surface area contributed by atoms with Crippen LogP contribution in [-0.4, -0.2) is 36.5 Å². The van der Waals surface area contributed by atoms with Crippen LogP contribution in [0.1, 0.15) is 16.1 Å². The lowest BCUT2D eigenvalue weighted by Crippen LogP contribution is -2.06. The molecule has 0 aromatic carbocycles. The number of hydrogen-bond donors (Lipinski definition) is 0. The SMILES string of the molecule is COCOc1cc(Br)cnc1-n1cc(C(=O)OC)cc1C. The Hall–Kier alpha value is -1.86. The number of hydrogen-bond acceptors (Lipinski definition) is 5. The number of nitrogens with zero attached hydrogens (tertiary/aromatic N) is 2. The van der Waals surface area contributed by atoms with Gasteiger partial charge in [0.1, 0.15) is 0 Å². The Labute approximate surface area is 130 Å². The molecule has 0 amide bonds. The van der Waals surface area contributed by atoms with Gasteiger partial charge in [-0.1, -0.05) is 0 Å². The monoisotopic (exact) mass is 354 g/mol. The Bertz CT molecular complexity index is 654. The Morgan fingerprint density at radius 3 is 2.81 bits per heavy atom. The van der Waals surface area contributed by atoms with Crippen LogP contribution in [0.4, 0.5) is 0 Å². The van der Waals surface area contributed by atoms with Crippen LogP contribution in [-0.2, 0) is 9.47 Å². The highest BCUT2D eigenvalue weighted by atomic mass is 79.9. The third kappa shape index (κ3) is 3.43. The molecule has 0 aliphatic heterocycles. The number of aryl methyl sites for hydroxylation is 1. The van der Waals surface area contributed by atoms with Crippen LogP contribution in [0.2, 0.25) is 0 Å². The maximum absolute atomic E-state index is 11.6. The molecular formula is C14H15BrN2O4. The van der Waals surface area contributed by atoms with E-state index in [1.165, 1.54) is 7.11 Å². The number of aromatic nitrogens is 2. The second kappa shape index (κ2) is 6.73. The zero-order chi connectivity index (χ0) is 15.4. The van der Waals surface area contributed by atoms with Gasteiger partial charge < -0.3 is 18.8 Å². The molecule has 0 N–H and O–H groups in total. The van der Waals surface area contributed by atoms with Gasteiger partial charge >= 0.3 is 5.97 Å². The van der Waals surface area contributed by atoms with E-state index in [1.54, 1.807) is 36.2 Å². The van der Waals surface area contributed by atoms with Crippen molar-refractivity contribution in [2.24, 2.45) is 0 Å². The molecule has 0 unspecified atom stereocenters. The Kier molecular flexibility index (Phi) is 4.98. The van der Waals surface area contributed by atoms with Crippen LogP contribution >= 0.6 is 15.9 Å². The molecule has 2 aromatic rings. The molecule has 0 spiro atoms. The number of rotatable bonds is 5. The van der Waals surface area contributed by atoms with Crippen molar-refractivity contribution in [1.82, 2.24) is 9.55 Å². The van der Waals surface area contributed by atoms with Gasteiger partial charge in [-0.2, -0.15) is 0 Å². The summed E-state index contributed by atoms with van der Waals surface area (Å²) in [5.41, 5.74) is 1.30. The lowest BCUT2D eigenvalue weighted by molar-refractivity contribution is 0.0507. The molecule has 2 aromatic heterocycles. The third-order valence-corrected chi connectivity index (χ3v) is 3.23. The molecule has 0 saturated carbocycles. The lowest BCUT2D eigenvalue weighted by atomic mass is 10.3. The Morgan fingerprint density at radius 2 is 2.14 bits per heavy atom. The molecule has 2 heterocycles. The first kappa shape index (κ1) is 15.5. The number of esters is 1. The minimum absolute atomic E-state index is 0.106. The van der Waals surface area contributed by atoms with Crippen molar-refractivity contribution in [3.8, 4) is 11.6 Å². The molecule has 21 heavy (non-hydrogen) atoms. The zero-order valence-electron chi connectivity index (χ0n) is 11.9. The summed E-state index contributed by atoms with van der Waals surface area (Å²) in [5, 5.41) is 0. The van der Waals surface area contributed by atoms with Crippen molar-refractivity contribution in [1.29, 1.82) is 0 Å². The molecule has 0 saturated heterocycles. The van der Waals surface area contributed by atoms with E-state index in [2.05, 4.69) is 20.9 Å². The molecule has 7 heteroatoms. The maximum Gasteiger partial charge on any atom is 0.339 e. The first-order chi connectivity index (χ1) is 10.1. The fourth-order valence-corrected chi connectivity index (χ4v) is 2.16. The standard InChI is InChI=1S/C14H15BrN2O4/c1-9-4-10(14(18)20-3)7-17(9)13-12(21-8-19-2)5-11(15)6-16-13/h4-7H,8H2,1-3H3. The van der Waals surface area contributed by atoms with Crippen LogP contribution in [0.25, 0.3) is 5.82 Å². The second-order valence-electron chi connectivity index (χ2n) is 4.26. The van der Waals surface area contributed by atoms with E-state index in [9.17, 15) is 4.79 Å². The first-order valence-electron chi connectivity index (χ1n) is 6.11. The van der Waals surface area contributed by atoms with Gasteiger partial charge in [-0.15, -0.1) is 0 Å². The molecule has 0 aliphatic rings. The molecule has 6 nitrogen and oxygen atoms in total. The van der Waals surface area contributed by atoms with Crippen molar-refractivity contribution in [2.75, 3.05) is 21.0 Å². The molecule has 112 valence electrons. The van der Waals surface area contributed by atoms with Crippen molar-refractivity contribution in [3.05, 3.63) is 40.3 Å². The summed E-state index contributed by atoms with van der Waals surface area (Å²) in [6, 6.07) is 3.52. The van der Waals surface area contributed by atoms with E-state index < -0.39 is 5.97 Å². The average molecular weight is 355 g/mol. The van der Waals surface area contributed by atoms with Gasteiger partial charge in [0.25, 0.3) is 0 Å². The highest BCUT2D eigenvalue weighted by molar-refractivity contribution is 9.10. The molecule has 0 fully saturated rings. The van der Waals surface area contributed by atoms with E-state index in [0.29, 0.717) is 17.1 Å². The largest absolute Gasteiger partial charge is 0.465 e. The van der Waals surface area contributed by atoms with Gasteiger partial charge in [0.2, 0.25) is 0 Å². The van der Waals surface area contributed by atoms with E-state index in [4.69, 9.17) is 14.2 Å². The molecule has 0 bridgehead atoms. The lowest BCUT2D eigenvalue weighted by Gasteiger charge is -2.12. The number of carbonyl (C=O) groups excluding carboxylic acids is 1. The molecule has 0 radical (unpaired) electrons. The van der Waals surface area contributed by atoms with Crippen LogP contribution in [0.5, 0.6) is 5.75 Å².